The van der Waals surface area contributed by atoms with Crippen LogP contribution in [-0.2, 0) is 10.3 Å². The van der Waals surface area contributed by atoms with Crippen molar-refractivity contribution in [3.05, 3.63) is 24.0 Å². The van der Waals surface area contributed by atoms with Crippen LogP contribution >= 0.6 is 0 Å². The number of aromatic nitrogens is 1. The molecule has 1 rings (SSSR count). The van der Waals surface area contributed by atoms with Crippen molar-refractivity contribution < 1.29 is 9.47 Å². The summed E-state index contributed by atoms with van der Waals surface area (Å²) in [6, 6.07) is 1.87. The van der Waals surface area contributed by atoms with Crippen LogP contribution in [0.3, 0.4) is 0 Å². The summed E-state index contributed by atoms with van der Waals surface area (Å²) in [5, 5.41) is 0. The Hall–Kier alpha value is -1.13. The standard InChI is InChI=1S/C10H16N2O2/c1-10(11,7-13-2)8-4-9(14-3)6-12-5-8/h4-6H,7,11H2,1-3H3. The fraction of sp³-hybridized carbons (Fsp3) is 0.500. The number of nitrogens with zero attached hydrogens (tertiary/aromatic N) is 1. The number of pyridine rings is 1. The molecule has 0 saturated heterocycles. The van der Waals surface area contributed by atoms with Gasteiger partial charge >= 0.3 is 0 Å². The highest BCUT2D eigenvalue weighted by molar-refractivity contribution is 5.28. The van der Waals surface area contributed by atoms with Gasteiger partial charge in [0.15, 0.2) is 0 Å². The van der Waals surface area contributed by atoms with Crippen LogP contribution < -0.4 is 10.5 Å². The highest BCUT2D eigenvalue weighted by Gasteiger charge is 2.21. The molecule has 0 aromatic carbocycles. The zero-order chi connectivity index (χ0) is 10.6. The number of hydrogen-bond donors (Lipinski definition) is 1. The lowest BCUT2D eigenvalue weighted by atomic mass is 9.96. The van der Waals surface area contributed by atoms with Gasteiger partial charge in [0.25, 0.3) is 0 Å². The molecule has 78 valence electrons. The fourth-order valence-electron chi connectivity index (χ4n) is 1.23. The molecule has 4 heteroatoms. The van der Waals surface area contributed by atoms with Gasteiger partial charge in [-0.2, -0.15) is 0 Å². The molecule has 0 fully saturated rings. The van der Waals surface area contributed by atoms with E-state index >= 15 is 0 Å². The van der Waals surface area contributed by atoms with Gasteiger partial charge in [0.1, 0.15) is 5.75 Å². The van der Waals surface area contributed by atoms with Crippen molar-refractivity contribution in [2.24, 2.45) is 5.73 Å². The van der Waals surface area contributed by atoms with E-state index in [1.165, 1.54) is 0 Å². The summed E-state index contributed by atoms with van der Waals surface area (Å²) >= 11 is 0. The first kappa shape index (κ1) is 10.9. The summed E-state index contributed by atoms with van der Waals surface area (Å²) in [4.78, 5) is 4.04. The third-order valence-electron chi connectivity index (χ3n) is 2.05. The van der Waals surface area contributed by atoms with Gasteiger partial charge in [0.2, 0.25) is 0 Å². The monoisotopic (exact) mass is 196 g/mol. The lowest BCUT2D eigenvalue weighted by Gasteiger charge is -2.23. The average Bonchev–Trinajstić information content (AvgIpc) is 2.18. The van der Waals surface area contributed by atoms with E-state index in [9.17, 15) is 0 Å². The van der Waals surface area contributed by atoms with Crippen LogP contribution in [0.15, 0.2) is 18.5 Å². The van der Waals surface area contributed by atoms with E-state index in [0.717, 1.165) is 5.56 Å². The van der Waals surface area contributed by atoms with Crippen LogP contribution in [0, 0.1) is 0 Å². The summed E-state index contributed by atoms with van der Waals surface area (Å²) < 4.78 is 10.1. The van der Waals surface area contributed by atoms with Gasteiger partial charge in [-0.25, -0.2) is 0 Å². The Morgan fingerprint density at radius 3 is 2.71 bits per heavy atom. The molecule has 14 heavy (non-hydrogen) atoms. The van der Waals surface area contributed by atoms with Crippen LogP contribution in [0.1, 0.15) is 12.5 Å². The van der Waals surface area contributed by atoms with Gasteiger partial charge in [-0.15, -0.1) is 0 Å². The quantitative estimate of drug-likeness (QED) is 0.777. The van der Waals surface area contributed by atoms with Gasteiger partial charge in [0, 0.05) is 13.3 Å². The summed E-state index contributed by atoms with van der Waals surface area (Å²) in [5.41, 5.74) is 6.42. The van der Waals surface area contributed by atoms with Crippen molar-refractivity contribution >= 4 is 0 Å². The molecule has 0 bridgehead atoms. The lowest BCUT2D eigenvalue weighted by Crippen LogP contribution is -2.37. The second kappa shape index (κ2) is 4.39. The maximum Gasteiger partial charge on any atom is 0.137 e. The molecule has 1 aromatic rings. The minimum absolute atomic E-state index is 0.446. The molecule has 1 unspecified atom stereocenters. The Morgan fingerprint density at radius 2 is 2.14 bits per heavy atom. The van der Waals surface area contributed by atoms with Crippen LogP contribution in [-0.4, -0.2) is 25.8 Å². The highest BCUT2D eigenvalue weighted by Crippen LogP contribution is 2.20. The molecule has 0 saturated carbocycles. The largest absolute Gasteiger partial charge is 0.495 e. The van der Waals surface area contributed by atoms with E-state index in [2.05, 4.69) is 4.98 Å². The van der Waals surface area contributed by atoms with Crippen LogP contribution in [0.4, 0.5) is 0 Å². The second-order valence-electron chi connectivity index (χ2n) is 3.46. The smallest absolute Gasteiger partial charge is 0.137 e. The topological polar surface area (TPSA) is 57.4 Å². The zero-order valence-corrected chi connectivity index (χ0v) is 8.78. The normalized spacial score (nSPS) is 14.9. The molecule has 1 heterocycles. The molecule has 0 amide bonds. The Morgan fingerprint density at radius 1 is 1.43 bits per heavy atom. The molecular formula is C10H16N2O2. The molecule has 0 spiro atoms. The number of ether oxygens (including phenoxy) is 2. The van der Waals surface area contributed by atoms with E-state index in [-0.39, 0.29) is 0 Å². The first-order valence-electron chi connectivity index (χ1n) is 4.37. The Labute approximate surface area is 84.0 Å². The molecule has 4 nitrogen and oxygen atoms in total. The third-order valence-corrected chi connectivity index (χ3v) is 2.05. The predicted octanol–water partition coefficient (Wildman–Crippen LogP) is 0.910. The SMILES string of the molecule is COCC(C)(N)c1cncc(OC)c1. The molecule has 0 aliphatic heterocycles. The van der Waals surface area contributed by atoms with Gasteiger partial charge in [-0.3, -0.25) is 4.98 Å². The average molecular weight is 196 g/mol. The van der Waals surface area contributed by atoms with Crippen molar-refractivity contribution in [2.75, 3.05) is 20.8 Å². The van der Waals surface area contributed by atoms with Crippen LogP contribution in [0.2, 0.25) is 0 Å². The van der Waals surface area contributed by atoms with Crippen molar-refractivity contribution in [1.29, 1.82) is 0 Å². The van der Waals surface area contributed by atoms with Gasteiger partial charge < -0.3 is 15.2 Å². The Kier molecular flexibility index (Phi) is 3.43. The van der Waals surface area contributed by atoms with Crippen molar-refractivity contribution in [2.45, 2.75) is 12.5 Å². The van der Waals surface area contributed by atoms with E-state index in [1.54, 1.807) is 26.6 Å². The summed E-state index contributed by atoms with van der Waals surface area (Å²) in [7, 11) is 3.23. The van der Waals surface area contributed by atoms with E-state index in [0.29, 0.717) is 12.4 Å². The van der Waals surface area contributed by atoms with E-state index < -0.39 is 5.54 Å². The first-order valence-corrected chi connectivity index (χ1v) is 4.37. The van der Waals surface area contributed by atoms with Gasteiger partial charge in [-0.1, -0.05) is 0 Å². The number of hydrogen-bond acceptors (Lipinski definition) is 4. The van der Waals surface area contributed by atoms with Crippen molar-refractivity contribution in [3.63, 3.8) is 0 Å². The highest BCUT2D eigenvalue weighted by atomic mass is 16.5. The lowest BCUT2D eigenvalue weighted by molar-refractivity contribution is 0.140. The number of methoxy groups -OCH3 is 2. The molecular weight excluding hydrogens is 180 g/mol. The predicted molar refractivity (Wildman–Crippen MR) is 54.2 cm³/mol. The molecule has 0 aliphatic carbocycles. The number of nitrogens with two attached hydrogens (primary N) is 1. The van der Waals surface area contributed by atoms with E-state index in [1.807, 2.05) is 13.0 Å². The summed E-state index contributed by atoms with van der Waals surface area (Å²) in [5.74, 6) is 0.704. The maximum absolute atomic E-state index is 6.05. The summed E-state index contributed by atoms with van der Waals surface area (Å²) in [6.45, 7) is 2.34. The minimum Gasteiger partial charge on any atom is -0.495 e. The third kappa shape index (κ3) is 2.43. The van der Waals surface area contributed by atoms with Gasteiger partial charge in [-0.05, 0) is 18.6 Å². The molecule has 0 radical (unpaired) electrons. The molecule has 1 atom stereocenters. The van der Waals surface area contributed by atoms with Gasteiger partial charge in [0.05, 0.1) is 25.5 Å². The van der Waals surface area contributed by atoms with Crippen molar-refractivity contribution in [1.82, 2.24) is 4.98 Å². The van der Waals surface area contributed by atoms with Crippen LogP contribution in [0.5, 0.6) is 5.75 Å². The Bertz CT molecular complexity index is 300. The number of rotatable bonds is 4. The van der Waals surface area contributed by atoms with Crippen LogP contribution in [0.25, 0.3) is 0 Å². The minimum atomic E-state index is -0.531. The Balaban J connectivity index is 2.93. The molecule has 2 N–H and O–H groups in total. The first-order chi connectivity index (χ1) is 6.60. The second-order valence-corrected chi connectivity index (χ2v) is 3.46. The van der Waals surface area contributed by atoms with Crippen molar-refractivity contribution in [3.8, 4) is 5.75 Å². The maximum atomic E-state index is 6.05. The molecule has 1 aromatic heterocycles. The molecule has 0 aliphatic rings. The zero-order valence-electron chi connectivity index (χ0n) is 8.78. The fourth-order valence-corrected chi connectivity index (χ4v) is 1.23. The summed E-state index contributed by atoms with van der Waals surface area (Å²) in [6.07, 6.45) is 3.37. The van der Waals surface area contributed by atoms with E-state index in [4.69, 9.17) is 15.2 Å².